The monoisotopic (exact) mass is 351 g/mol. The van der Waals surface area contributed by atoms with Crippen molar-refractivity contribution >= 4 is 44.5 Å². The molecule has 2 aromatic carbocycles. The summed E-state index contributed by atoms with van der Waals surface area (Å²) in [6, 6.07) is 11.3. The molecule has 0 unspecified atom stereocenters. The Balaban J connectivity index is 2.24. The molecule has 0 spiro atoms. The van der Waals surface area contributed by atoms with Gasteiger partial charge in [0.2, 0.25) is 5.95 Å². The van der Waals surface area contributed by atoms with E-state index in [1.165, 1.54) is 0 Å². The number of imidazole rings is 1. The van der Waals surface area contributed by atoms with Gasteiger partial charge in [-0.3, -0.25) is 4.57 Å². The molecule has 0 fully saturated rings. The smallest absolute Gasteiger partial charge is 0.205 e. The minimum atomic E-state index is 0.419. The van der Waals surface area contributed by atoms with Gasteiger partial charge in [0.15, 0.2) is 0 Å². The van der Waals surface area contributed by atoms with E-state index in [1.54, 1.807) is 7.11 Å². The Morgan fingerprint density at radius 3 is 2.75 bits per heavy atom. The summed E-state index contributed by atoms with van der Waals surface area (Å²) in [5.74, 6) is 1.17. The predicted octanol–water partition coefficient (Wildman–Crippen LogP) is 4.03. The molecule has 0 aliphatic carbocycles. The van der Waals surface area contributed by atoms with Crippen molar-refractivity contribution < 1.29 is 4.74 Å². The van der Waals surface area contributed by atoms with Gasteiger partial charge in [0.1, 0.15) is 5.75 Å². The zero-order valence-electron chi connectivity index (χ0n) is 10.6. The number of benzene rings is 2. The Hall–Kier alpha value is -1.72. The number of nitrogens with two attached hydrogens (primary N) is 1. The zero-order chi connectivity index (χ0) is 14.3. The molecule has 0 saturated carbocycles. The normalized spacial score (nSPS) is 10.9. The number of rotatable bonds is 2. The molecule has 3 aromatic rings. The molecule has 0 amide bonds. The first-order chi connectivity index (χ1) is 9.60. The second-order valence-corrected chi connectivity index (χ2v) is 5.52. The molecule has 0 aliphatic rings. The average Bonchev–Trinajstić information content (AvgIpc) is 2.76. The maximum Gasteiger partial charge on any atom is 0.205 e. The molecular formula is C14H11BrClN3O. The Kier molecular flexibility index (Phi) is 3.31. The maximum absolute atomic E-state index is 6.03. The van der Waals surface area contributed by atoms with Crippen molar-refractivity contribution in [3.8, 4) is 11.4 Å². The van der Waals surface area contributed by atoms with Gasteiger partial charge in [0.25, 0.3) is 0 Å². The summed E-state index contributed by atoms with van der Waals surface area (Å²) in [6.07, 6.45) is 0. The van der Waals surface area contributed by atoms with Crippen LogP contribution in [-0.4, -0.2) is 16.7 Å². The zero-order valence-corrected chi connectivity index (χ0v) is 12.9. The van der Waals surface area contributed by atoms with Gasteiger partial charge in [-0.25, -0.2) is 4.98 Å². The van der Waals surface area contributed by atoms with Crippen LogP contribution in [0, 0.1) is 0 Å². The van der Waals surface area contributed by atoms with Crippen LogP contribution in [0.25, 0.3) is 16.7 Å². The minimum Gasteiger partial charge on any atom is -0.497 e. The molecule has 0 bridgehead atoms. The molecule has 102 valence electrons. The van der Waals surface area contributed by atoms with Crippen LogP contribution in [0.3, 0.4) is 0 Å². The number of methoxy groups -OCH3 is 1. The first-order valence-corrected chi connectivity index (χ1v) is 7.04. The summed E-state index contributed by atoms with van der Waals surface area (Å²) >= 11 is 9.44. The summed E-state index contributed by atoms with van der Waals surface area (Å²) in [7, 11) is 1.62. The number of nitrogen functional groups attached to an aromatic ring is 1. The first kappa shape index (κ1) is 13.3. The van der Waals surface area contributed by atoms with E-state index in [4.69, 9.17) is 22.1 Å². The molecule has 0 radical (unpaired) electrons. The van der Waals surface area contributed by atoms with Crippen molar-refractivity contribution in [1.29, 1.82) is 0 Å². The van der Waals surface area contributed by atoms with Crippen LogP contribution in [0.4, 0.5) is 5.95 Å². The van der Waals surface area contributed by atoms with E-state index in [1.807, 2.05) is 41.0 Å². The predicted molar refractivity (Wildman–Crippen MR) is 84.7 cm³/mol. The molecular weight excluding hydrogens is 342 g/mol. The Bertz CT molecular complexity index is 800. The number of halogens is 2. The Labute approximate surface area is 129 Å². The lowest BCUT2D eigenvalue weighted by atomic mass is 10.2. The molecule has 6 heteroatoms. The van der Waals surface area contributed by atoms with Crippen molar-refractivity contribution in [3.05, 3.63) is 45.9 Å². The number of aromatic nitrogens is 2. The number of nitrogens with zero attached hydrogens (tertiary/aromatic N) is 2. The van der Waals surface area contributed by atoms with Gasteiger partial charge in [-0.2, -0.15) is 0 Å². The lowest BCUT2D eigenvalue weighted by molar-refractivity contribution is 0.415. The molecule has 3 rings (SSSR count). The Morgan fingerprint density at radius 1 is 1.25 bits per heavy atom. The fourth-order valence-corrected chi connectivity index (χ4v) is 2.59. The third-order valence-electron chi connectivity index (χ3n) is 3.05. The molecule has 0 saturated heterocycles. The first-order valence-electron chi connectivity index (χ1n) is 5.87. The van der Waals surface area contributed by atoms with Crippen LogP contribution in [0.5, 0.6) is 5.75 Å². The fourth-order valence-electron chi connectivity index (χ4n) is 2.10. The van der Waals surface area contributed by atoms with E-state index in [0.29, 0.717) is 11.0 Å². The van der Waals surface area contributed by atoms with Crippen molar-refractivity contribution in [2.75, 3.05) is 12.8 Å². The number of fused-ring (bicyclic) bond motifs is 1. The molecule has 2 N–H and O–H groups in total. The molecule has 4 nitrogen and oxygen atoms in total. The number of hydrogen-bond donors (Lipinski definition) is 1. The summed E-state index contributed by atoms with van der Waals surface area (Å²) in [4.78, 5) is 4.36. The van der Waals surface area contributed by atoms with Gasteiger partial charge < -0.3 is 10.5 Å². The maximum atomic E-state index is 6.03. The van der Waals surface area contributed by atoms with E-state index in [2.05, 4.69) is 20.9 Å². The van der Waals surface area contributed by atoms with Gasteiger partial charge >= 0.3 is 0 Å². The highest BCUT2D eigenvalue weighted by Gasteiger charge is 2.11. The van der Waals surface area contributed by atoms with Crippen LogP contribution >= 0.6 is 27.5 Å². The topological polar surface area (TPSA) is 53.1 Å². The lowest BCUT2D eigenvalue weighted by Crippen LogP contribution is -2.00. The molecule has 0 atom stereocenters. The highest BCUT2D eigenvalue weighted by Crippen LogP contribution is 2.30. The highest BCUT2D eigenvalue weighted by atomic mass is 79.9. The van der Waals surface area contributed by atoms with Crippen LogP contribution in [0.15, 0.2) is 40.9 Å². The number of ether oxygens (including phenoxy) is 1. The third-order valence-corrected chi connectivity index (χ3v) is 4.26. The van der Waals surface area contributed by atoms with E-state index >= 15 is 0 Å². The molecule has 0 aliphatic heterocycles. The second-order valence-electron chi connectivity index (χ2n) is 4.26. The third kappa shape index (κ3) is 2.13. The van der Waals surface area contributed by atoms with Crippen LogP contribution in [0.1, 0.15) is 0 Å². The number of hydrogen-bond acceptors (Lipinski definition) is 3. The van der Waals surface area contributed by atoms with Crippen molar-refractivity contribution in [2.24, 2.45) is 0 Å². The molecule has 1 heterocycles. The summed E-state index contributed by atoms with van der Waals surface area (Å²) in [5.41, 5.74) is 8.62. The van der Waals surface area contributed by atoms with Gasteiger partial charge in [0.05, 0.1) is 28.9 Å². The molecule has 20 heavy (non-hydrogen) atoms. The highest BCUT2D eigenvalue weighted by molar-refractivity contribution is 9.10. The minimum absolute atomic E-state index is 0.419. The van der Waals surface area contributed by atoms with Gasteiger partial charge in [0, 0.05) is 10.5 Å². The van der Waals surface area contributed by atoms with Crippen LogP contribution in [0.2, 0.25) is 5.02 Å². The van der Waals surface area contributed by atoms with Crippen molar-refractivity contribution in [1.82, 2.24) is 9.55 Å². The fraction of sp³-hybridized carbons (Fsp3) is 0.0714. The molecule has 1 aromatic heterocycles. The second kappa shape index (κ2) is 5.00. The Morgan fingerprint density at radius 2 is 2.05 bits per heavy atom. The van der Waals surface area contributed by atoms with E-state index in [0.717, 1.165) is 26.9 Å². The van der Waals surface area contributed by atoms with E-state index in [9.17, 15) is 0 Å². The summed E-state index contributed by atoms with van der Waals surface area (Å²) in [5, 5.41) is 0.651. The van der Waals surface area contributed by atoms with Crippen molar-refractivity contribution in [2.45, 2.75) is 0 Å². The summed E-state index contributed by atoms with van der Waals surface area (Å²) < 4.78 is 7.88. The van der Waals surface area contributed by atoms with E-state index < -0.39 is 0 Å². The van der Waals surface area contributed by atoms with Crippen LogP contribution in [-0.2, 0) is 0 Å². The van der Waals surface area contributed by atoms with Gasteiger partial charge in [-0.15, -0.1) is 0 Å². The van der Waals surface area contributed by atoms with Gasteiger partial charge in [-0.1, -0.05) is 11.6 Å². The summed E-state index contributed by atoms with van der Waals surface area (Å²) in [6.45, 7) is 0. The average molecular weight is 353 g/mol. The number of anilines is 1. The van der Waals surface area contributed by atoms with Gasteiger partial charge in [-0.05, 0) is 46.3 Å². The standard InChI is InChI=1S/C14H11BrClN3O/c1-20-9-3-5-13-12(7-9)18-14(17)19(13)8-2-4-11(16)10(15)6-8/h2-7H,1H3,(H2,17,18). The van der Waals surface area contributed by atoms with E-state index in [-0.39, 0.29) is 0 Å². The largest absolute Gasteiger partial charge is 0.497 e. The lowest BCUT2D eigenvalue weighted by Gasteiger charge is -2.08. The SMILES string of the molecule is COc1ccc2c(c1)nc(N)n2-c1ccc(Cl)c(Br)c1. The van der Waals surface area contributed by atoms with Crippen molar-refractivity contribution in [3.63, 3.8) is 0 Å². The quantitative estimate of drug-likeness (QED) is 0.757. The van der Waals surface area contributed by atoms with Crippen LogP contribution < -0.4 is 10.5 Å².